The van der Waals surface area contributed by atoms with Gasteiger partial charge in [0.2, 0.25) is 5.43 Å². The molecule has 1 fully saturated rings. The van der Waals surface area contributed by atoms with Crippen molar-refractivity contribution in [1.29, 1.82) is 0 Å². The van der Waals surface area contributed by atoms with Gasteiger partial charge in [-0.1, -0.05) is 0 Å². The van der Waals surface area contributed by atoms with Crippen molar-refractivity contribution in [1.82, 2.24) is 4.57 Å². The van der Waals surface area contributed by atoms with Crippen LogP contribution >= 0.6 is 0 Å². The molecule has 0 bridgehead atoms. The summed E-state index contributed by atoms with van der Waals surface area (Å²) >= 11 is 0. The van der Waals surface area contributed by atoms with Gasteiger partial charge in [-0.2, -0.15) is 0 Å². The fourth-order valence-corrected chi connectivity index (χ4v) is 5.21. The van der Waals surface area contributed by atoms with Gasteiger partial charge in [0.25, 0.3) is 0 Å². The SMILES string of the molecule is CC1CCc2c(N3CCC(OC(=O)C(N)CCCN=C(N)N)CC3)c(F)cc3c(=O)c(C(=O)O)cn1c23. The number of benzene rings is 1. The van der Waals surface area contributed by atoms with Gasteiger partial charge in [-0.15, -0.1) is 0 Å². The molecule has 37 heavy (non-hydrogen) atoms. The van der Waals surface area contributed by atoms with E-state index in [1.807, 2.05) is 11.8 Å². The zero-order chi connectivity index (χ0) is 26.9. The fraction of sp³-hybridized carbons (Fsp3) is 0.520. The molecule has 7 N–H and O–H groups in total. The van der Waals surface area contributed by atoms with Crippen molar-refractivity contribution in [2.75, 3.05) is 24.5 Å². The number of aliphatic imine (C=N–C) groups is 1. The van der Waals surface area contributed by atoms with Crippen molar-refractivity contribution >= 4 is 34.5 Å². The quantitative estimate of drug-likeness (QED) is 0.174. The molecule has 2 aliphatic heterocycles. The van der Waals surface area contributed by atoms with Crippen LogP contribution in [0.3, 0.4) is 0 Å². The molecule has 3 heterocycles. The number of pyridine rings is 1. The Hall–Kier alpha value is -3.67. The van der Waals surface area contributed by atoms with Crippen LogP contribution in [-0.2, 0) is 16.0 Å². The number of carboxylic acids is 1. The lowest BCUT2D eigenvalue weighted by atomic mass is 9.93. The molecule has 200 valence electrons. The van der Waals surface area contributed by atoms with E-state index in [9.17, 15) is 19.5 Å². The van der Waals surface area contributed by atoms with Gasteiger partial charge in [0.1, 0.15) is 23.5 Å². The van der Waals surface area contributed by atoms with Crippen molar-refractivity contribution in [3.05, 3.63) is 39.4 Å². The van der Waals surface area contributed by atoms with Crippen LogP contribution in [0.2, 0.25) is 0 Å². The Labute approximate surface area is 213 Å². The van der Waals surface area contributed by atoms with Gasteiger partial charge in [0.15, 0.2) is 5.96 Å². The largest absolute Gasteiger partial charge is 0.477 e. The molecule has 0 radical (unpaired) electrons. The summed E-state index contributed by atoms with van der Waals surface area (Å²) in [5.41, 5.74) is 17.2. The summed E-state index contributed by atoms with van der Waals surface area (Å²) in [6.07, 6.45) is 4.25. The standard InChI is InChI=1S/C25H33FN6O5/c1-13-4-5-15-20-16(22(33)17(23(34)35)12-32(13)20)11-18(26)21(15)31-9-6-14(7-10-31)37-24(36)19(27)3-2-8-30-25(28)29/h11-14,19H,2-10,27H2,1H3,(H,34,35)(H4,28,29,30). The number of aromatic carboxylic acids is 1. The number of aryl methyl sites for hydroxylation is 1. The zero-order valence-electron chi connectivity index (χ0n) is 20.8. The third-order valence-electron chi connectivity index (χ3n) is 7.17. The van der Waals surface area contributed by atoms with Crippen molar-refractivity contribution < 1.29 is 23.8 Å². The Morgan fingerprint density at radius 2 is 1.97 bits per heavy atom. The van der Waals surface area contributed by atoms with E-state index < -0.39 is 29.2 Å². The van der Waals surface area contributed by atoms with Crippen molar-refractivity contribution in [2.45, 2.75) is 63.6 Å². The number of carboxylic acid groups (broad SMARTS) is 1. The normalized spacial score (nSPS) is 18.5. The van der Waals surface area contributed by atoms with E-state index >= 15 is 4.39 Å². The average molecular weight is 517 g/mol. The number of anilines is 1. The Morgan fingerprint density at radius 3 is 2.62 bits per heavy atom. The molecule has 1 aromatic carbocycles. The molecule has 2 unspecified atom stereocenters. The summed E-state index contributed by atoms with van der Waals surface area (Å²) in [4.78, 5) is 42.6. The fourth-order valence-electron chi connectivity index (χ4n) is 5.21. The lowest BCUT2D eigenvalue weighted by molar-refractivity contribution is -0.151. The molecule has 0 amide bonds. The molecule has 0 saturated carbocycles. The number of piperidine rings is 1. The summed E-state index contributed by atoms with van der Waals surface area (Å²) in [6, 6.07) is 0.357. The molecule has 2 atom stereocenters. The number of halogens is 1. The maximum atomic E-state index is 15.5. The van der Waals surface area contributed by atoms with Crippen molar-refractivity contribution in [3.8, 4) is 0 Å². The van der Waals surface area contributed by atoms with E-state index in [1.54, 1.807) is 4.57 Å². The number of nitrogens with zero attached hydrogens (tertiary/aromatic N) is 3. The topological polar surface area (TPSA) is 179 Å². The predicted octanol–water partition coefficient (Wildman–Crippen LogP) is 1.24. The second kappa shape index (κ2) is 10.8. The summed E-state index contributed by atoms with van der Waals surface area (Å²) in [7, 11) is 0. The Kier molecular flexibility index (Phi) is 7.67. The predicted molar refractivity (Wildman–Crippen MR) is 137 cm³/mol. The van der Waals surface area contributed by atoms with E-state index in [-0.39, 0.29) is 29.1 Å². The first kappa shape index (κ1) is 26.4. The van der Waals surface area contributed by atoms with E-state index in [2.05, 4.69) is 4.99 Å². The Balaban J connectivity index is 1.49. The highest BCUT2D eigenvalue weighted by Gasteiger charge is 2.31. The first-order valence-corrected chi connectivity index (χ1v) is 12.5. The number of hydrogen-bond donors (Lipinski definition) is 4. The second-order valence-electron chi connectivity index (χ2n) is 9.73. The highest BCUT2D eigenvalue weighted by Crippen LogP contribution is 2.39. The highest BCUT2D eigenvalue weighted by atomic mass is 19.1. The highest BCUT2D eigenvalue weighted by molar-refractivity contribution is 5.95. The van der Waals surface area contributed by atoms with Gasteiger partial charge in [0.05, 0.1) is 11.2 Å². The van der Waals surface area contributed by atoms with Crippen LogP contribution in [0.25, 0.3) is 10.9 Å². The number of carbonyl (C=O) groups is 2. The van der Waals surface area contributed by atoms with Crippen LogP contribution in [0.4, 0.5) is 10.1 Å². The maximum absolute atomic E-state index is 15.5. The smallest absolute Gasteiger partial charge is 0.341 e. The maximum Gasteiger partial charge on any atom is 0.341 e. The van der Waals surface area contributed by atoms with Gasteiger partial charge in [-0.05, 0) is 38.7 Å². The van der Waals surface area contributed by atoms with Gasteiger partial charge in [0, 0.05) is 55.7 Å². The summed E-state index contributed by atoms with van der Waals surface area (Å²) in [5.74, 6) is -2.38. The van der Waals surface area contributed by atoms with Crippen LogP contribution in [0.5, 0.6) is 0 Å². The Bertz CT molecular complexity index is 1300. The molecule has 12 heteroatoms. The number of carbonyl (C=O) groups excluding carboxylic acids is 1. The Morgan fingerprint density at radius 1 is 1.27 bits per heavy atom. The van der Waals surface area contributed by atoms with Gasteiger partial charge >= 0.3 is 11.9 Å². The third kappa shape index (κ3) is 5.38. The number of hydrogen-bond acceptors (Lipinski definition) is 7. The van der Waals surface area contributed by atoms with E-state index in [4.69, 9.17) is 21.9 Å². The molecule has 1 saturated heterocycles. The zero-order valence-corrected chi connectivity index (χ0v) is 20.8. The van der Waals surface area contributed by atoms with E-state index in [1.165, 1.54) is 6.20 Å². The third-order valence-corrected chi connectivity index (χ3v) is 7.17. The number of rotatable bonds is 8. The lowest BCUT2D eigenvalue weighted by Gasteiger charge is -2.37. The second-order valence-corrected chi connectivity index (χ2v) is 9.73. The summed E-state index contributed by atoms with van der Waals surface area (Å²) in [5, 5.41) is 9.55. The molecule has 0 spiro atoms. The molecule has 4 rings (SSSR count). The minimum Gasteiger partial charge on any atom is -0.477 e. The minimum absolute atomic E-state index is 0.0114. The molecular weight excluding hydrogens is 483 g/mol. The van der Waals surface area contributed by atoms with Crippen LogP contribution in [0, 0.1) is 5.82 Å². The van der Waals surface area contributed by atoms with Crippen LogP contribution in [-0.4, -0.2) is 59.4 Å². The van der Waals surface area contributed by atoms with Crippen LogP contribution in [0.1, 0.15) is 61.0 Å². The van der Waals surface area contributed by atoms with E-state index in [0.717, 1.165) is 6.07 Å². The summed E-state index contributed by atoms with van der Waals surface area (Å²) in [6.45, 7) is 3.25. The van der Waals surface area contributed by atoms with Crippen LogP contribution < -0.4 is 27.5 Å². The number of esters is 1. The van der Waals surface area contributed by atoms with Gasteiger partial charge < -0.3 is 36.5 Å². The van der Waals surface area contributed by atoms with Crippen molar-refractivity contribution in [2.24, 2.45) is 22.2 Å². The van der Waals surface area contributed by atoms with E-state index in [0.29, 0.717) is 74.9 Å². The molecule has 2 aliphatic rings. The monoisotopic (exact) mass is 516 g/mol. The van der Waals surface area contributed by atoms with Gasteiger partial charge in [-0.3, -0.25) is 14.6 Å². The first-order chi connectivity index (χ1) is 17.6. The average Bonchev–Trinajstić information content (AvgIpc) is 2.85. The number of nitrogens with two attached hydrogens (primary N) is 3. The molecule has 1 aromatic heterocycles. The van der Waals surface area contributed by atoms with Crippen molar-refractivity contribution in [3.63, 3.8) is 0 Å². The molecular formula is C25H33FN6O5. The number of ether oxygens (including phenoxy) is 1. The molecule has 11 nitrogen and oxygen atoms in total. The minimum atomic E-state index is -1.33. The first-order valence-electron chi connectivity index (χ1n) is 12.5. The van der Waals surface area contributed by atoms with Crippen LogP contribution in [0.15, 0.2) is 22.1 Å². The summed E-state index contributed by atoms with van der Waals surface area (Å²) < 4.78 is 22.8. The number of guanidine groups is 1. The molecule has 0 aliphatic carbocycles. The van der Waals surface area contributed by atoms with Gasteiger partial charge in [-0.25, -0.2) is 9.18 Å². The number of aromatic nitrogens is 1. The molecule has 2 aromatic rings. The lowest BCUT2D eigenvalue weighted by Crippen LogP contribution is -2.42.